The van der Waals surface area contributed by atoms with Crippen molar-refractivity contribution < 1.29 is 4.52 Å². The molecule has 3 nitrogen and oxygen atoms in total. The Morgan fingerprint density at radius 2 is 2.44 bits per heavy atom. The second-order valence-electron chi connectivity index (χ2n) is 3.79. The summed E-state index contributed by atoms with van der Waals surface area (Å²) in [5.74, 6) is 0.862. The number of nitrogens with zero attached hydrogens (tertiary/aromatic N) is 1. The second-order valence-corrected chi connectivity index (χ2v) is 4.77. The molecule has 0 bridgehead atoms. The summed E-state index contributed by atoms with van der Waals surface area (Å²) in [6, 6.07) is 6.63. The van der Waals surface area contributed by atoms with Crippen molar-refractivity contribution in [2.45, 2.75) is 32.9 Å². The van der Waals surface area contributed by atoms with Crippen molar-refractivity contribution in [3.63, 3.8) is 0 Å². The third-order valence-corrected chi connectivity index (χ3v) is 3.49. The van der Waals surface area contributed by atoms with Crippen molar-refractivity contribution in [3.8, 4) is 0 Å². The maximum atomic E-state index is 5.03. The SMILES string of the molecule is CCC(NCc1cc(C)on1)c1cccs1. The molecule has 0 amide bonds. The summed E-state index contributed by atoms with van der Waals surface area (Å²) >= 11 is 1.79. The van der Waals surface area contributed by atoms with Crippen LogP contribution in [0.25, 0.3) is 0 Å². The van der Waals surface area contributed by atoms with Gasteiger partial charge in [-0.15, -0.1) is 11.3 Å². The Kier molecular flexibility index (Phi) is 3.74. The van der Waals surface area contributed by atoms with Crippen LogP contribution in [0, 0.1) is 6.92 Å². The molecule has 2 heterocycles. The average molecular weight is 236 g/mol. The number of hydrogen-bond donors (Lipinski definition) is 1. The Labute approximate surface area is 99.5 Å². The summed E-state index contributed by atoms with van der Waals surface area (Å²) in [4.78, 5) is 1.38. The topological polar surface area (TPSA) is 38.1 Å². The van der Waals surface area contributed by atoms with E-state index >= 15 is 0 Å². The number of rotatable bonds is 5. The number of aryl methyl sites for hydroxylation is 1. The molecular weight excluding hydrogens is 220 g/mol. The van der Waals surface area contributed by atoms with Crippen molar-refractivity contribution in [1.29, 1.82) is 0 Å². The molecule has 0 aromatic carbocycles. The smallest absolute Gasteiger partial charge is 0.133 e. The molecule has 1 N–H and O–H groups in total. The molecule has 2 aromatic rings. The van der Waals surface area contributed by atoms with E-state index in [0.29, 0.717) is 6.04 Å². The van der Waals surface area contributed by atoms with E-state index in [1.807, 2.05) is 13.0 Å². The summed E-state index contributed by atoms with van der Waals surface area (Å²) in [5.41, 5.74) is 0.965. The first-order valence-electron chi connectivity index (χ1n) is 5.48. The van der Waals surface area contributed by atoms with E-state index in [1.54, 1.807) is 11.3 Å². The Balaban J connectivity index is 1.93. The van der Waals surface area contributed by atoms with E-state index in [-0.39, 0.29) is 0 Å². The van der Waals surface area contributed by atoms with Gasteiger partial charge in [0.15, 0.2) is 0 Å². The number of nitrogens with one attached hydrogen (secondary N) is 1. The van der Waals surface area contributed by atoms with Crippen molar-refractivity contribution >= 4 is 11.3 Å². The van der Waals surface area contributed by atoms with Crippen molar-refractivity contribution in [3.05, 3.63) is 39.9 Å². The van der Waals surface area contributed by atoms with Gasteiger partial charge in [-0.3, -0.25) is 0 Å². The standard InChI is InChI=1S/C12H16N2OS/c1-3-11(12-5-4-6-16-12)13-8-10-7-9(2)15-14-10/h4-7,11,13H,3,8H2,1-2H3. The van der Waals surface area contributed by atoms with E-state index in [1.165, 1.54) is 4.88 Å². The highest BCUT2D eigenvalue weighted by atomic mass is 32.1. The minimum atomic E-state index is 0.414. The molecule has 16 heavy (non-hydrogen) atoms. The molecule has 0 saturated carbocycles. The molecule has 4 heteroatoms. The van der Waals surface area contributed by atoms with Crippen LogP contribution < -0.4 is 5.32 Å². The molecule has 0 aliphatic rings. The lowest BCUT2D eigenvalue weighted by Crippen LogP contribution is -2.19. The first-order chi connectivity index (χ1) is 7.79. The normalized spacial score (nSPS) is 12.9. The predicted molar refractivity (Wildman–Crippen MR) is 65.4 cm³/mol. The van der Waals surface area contributed by atoms with Gasteiger partial charge in [-0.1, -0.05) is 18.1 Å². The zero-order chi connectivity index (χ0) is 11.4. The molecule has 86 valence electrons. The van der Waals surface area contributed by atoms with E-state index in [0.717, 1.165) is 24.4 Å². The minimum absolute atomic E-state index is 0.414. The van der Waals surface area contributed by atoms with Gasteiger partial charge >= 0.3 is 0 Å². The van der Waals surface area contributed by atoms with Crippen LogP contribution in [0.15, 0.2) is 28.1 Å². The molecule has 0 spiro atoms. The maximum absolute atomic E-state index is 5.03. The molecule has 1 unspecified atom stereocenters. The lowest BCUT2D eigenvalue weighted by Gasteiger charge is -2.13. The van der Waals surface area contributed by atoms with E-state index in [4.69, 9.17) is 4.52 Å². The van der Waals surface area contributed by atoms with Crippen molar-refractivity contribution in [2.24, 2.45) is 0 Å². The molecule has 2 aromatic heterocycles. The summed E-state index contributed by atoms with van der Waals surface area (Å²) in [6.45, 7) is 4.85. The first kappa shape index (κ1) is 11.4. The Bertz CT molecular complexity index is 422. The monoisotopic (exact) mass is 236 g/mol. The van der Waals surface area contributed by atoms with Gasteiger partial charge in [0, 0.05) is 23.5 Å². The van der Waals surface area contributed by atoms with Gasteiger partial charge in [0.05, 0.1) is 5.69 Å². The summed E-state index contributed by atoms with van der Waals surface area (Å²) in [7, 11) is 0. The largest absolute Gasteiger partial charge is 0.361 e. The van der Waals surface area contributed by atoms with Crippen LogP contribution in [-0.2, 0) is 6.54 Å². The molecule has 0 aliphatic heterocycles. The Hall–Kier alpha value is -1.13. The fraction of sp³-hybridized carbons (Fsp3) is 0.417. The van der Waals surface area contributed by atoms with Crippen LogP contribution in [0.2, 0.25) is 0 Å². The number of aromatic nitrogens is 1. The van der Waals surface area contributed by atoms with Crippen LogP contribution in [0.5, 0.6) is 0 Å². The fourth-order valence-electron chi connectivity index (χ4n) is 1.66. The summed E-state index contributed by atoms with van der Waals surface area (Å²) < 4.78 is 5.03. The molecule has 0 aliphatic carbocycles. The molecular formula is C12H16N2OS. The average Bonchev–Trinajstić information content (AvgIpc) is 2.91. The highest BCUT2D eigenvalue weighted by molar-refractivity contribution is 7.10. The van der Waals surface area contributed by atoms with Crippen LogP contribution in [0.3, 0.4) is 0 Å². The van der Waals surface area contributed by atoms with Crippen LogP contribution >= 0.6 is 11.3 Å². The quantitative estimate of drug-likeness (QED) is 0.865. The molecule has 2 rings (SSSR count). The molecule has 0 fully saturated rings. The maximum Gasteiger partial charge on any atom is 0.133 e. The van der Waals surface area contributed by atoms with Gasteiger partial charge in [-0.2, -0.15) is 0 Å². The van der Waals surface area contributed by atoms with Gasteiger partial charge in [-0.05, 0) is 24.8 Å². The lowest BCUT2D eigenvalue weighted by atomic mass is 10.2. The van der Waals surface area contributed by atoms with Crippen LogP contribution in [0.4, 0.5) is 0 Å². The van der Waals surface area contributed by atoms with Crippen LogP contribution in [0.1, 0.15) is 35.7 Å². The predicted octanol–water partition coefficient (Wildman–Crippen LogP) is 3.29. The van der Waals surface area contributed by atoms with Crippen molar-refractivity contribution in [1.82, 2.24) is 10.5 Å². The van der Waals surface area contributed by atoms with Crippen LogP contribution in [-0.4, -0.2) is 5.16 Å². The number of hydrogen-bond acceptors (Lipinski definition) is 4. The third-order valence-electron chi connectivity index (χ3n) is 2.50. The molecule has 1 atom stereocenters. The zero-order valence-corrected chi connectivity index (χ0v) is 10.4. The summed E-state index contributed by atoms with van der Waals surface area (Å²) in [5, 5.41) is 9.57. The van der Waals surface area contributed by atoms with Gasteiger partial charge in [-0.25, -0.2) is 0 Å². The van der Waals surface area contributed by atoms with E-state index in [9.17, 15) is 0 Å². The van der Waals surface area contributed by atoms with Gasteiger partial charge in [0.2, 0.25) is 0 Å². The van der Waals surface area contributed by atoms with Gasteiger partial charge < -0.3 is 9.84 Å². The Morgan fingerprint density at radius 3 is 3.00 bits per heavy atom. The zero-order valence-electron chi connectivity index (χ0n) is 9.56. The minimum Gasteiger partial charge on any atom is -0.361 e. The molecule has 0 saturated heterocycles. The fourth-order valence-corrected chi connectivity index (χ4v) is 2.55. The number of thiophene rings is 1. The third kappa shape index (κ3) is 2.71. The highest BCUT2D eigenvalue weighted by Crippen LogP contribution is 2.21. The highest BCUT2D eigenvalue weighted by Gasteiger charge is 2.10. The van der Waals surface area contributed by atoms with Gasteiger partial charge in [0.25, 0.3) is 0 Å². The second kappa shape index (κ2) is 5.27. The Morgan fingerprint density at radius 1 is 1.56 bits per heavy atom. The lowest BCUT2D eigenvalue weighted by molar-refractivity contribution is 0.385. The first-order valence-corrected chi connectivity index (χ1v) is 6.36. The van der Waals surface area contributed by atoms with Crippen molar-refractivity contribution in [2.75, 3.05) is 0 Å². The summed E-state index contributed by atoms with van der Waals surface area (Å²) in [6.07, 6.45) is 1.08. The van der Waals surface area contributed by atoms with E-state index < -0.39 is 0 Å². The molecule has 0 radical (unpaired) electrons. The van der Waals surface area contributed by atoms with E-state index in [2.05, 4.69) is 34.9 Å². The van der Waals surface area contributed by atoms with Gasteiger partial charge in [0.1, 0.15) is 5.76 Å².